The lowest BCUT2D eigenvalue weighted by Crippen LogP contribution is -2.61. The van der Waals surface area contributed by atoms with Crippen LogP contribution in [0.5, 0.6) is 0 Å². The second-order valence-electron chi connectivity index (χ2n) is 9.01. The van der Waals surface area contributed by atoms with Crippen LogP contribution in [0, 0.1) is 11.8 Å². The van der Waals surface area contributed by atoms with Crippen LogP contribution < -0.4 is 10.8 Å². The number of likely N-dealkylation sites (N-methyl/N-ethyl adjacent to an activating group) is 1. The molecule has 2 amide bonds. The first-order valence-corrected chi connectivity index (χ1v) is 11.5. The van der Waals surface area contributed by atoms with E-state index < -0.39 is 29.9 Å². The van der Waals surface area contributed by atoms with Crippen molar-refractivity contribution in [3.8, 4) is 11.8 Å². The second kappa shape index (κ2) is 12.1. The van der Waals surface area contributed by atoms with Gasteiger partial charge in [-0.25, -0.2) is 14.3 Å². The summed E-state index contributed by atoms with van der Waals surface area (Å²) in [5.74, 6) is 3.83. The molecule has 4 N–H and O–H groups in total. The van der Waals surface area contributed by atoms with Crippen LogP contribution in [0.15, 0.2) is 48.5 Å². The molecule has 0 bridgehead atoms. The first-order chi connectivity index (χ1) is 17.1. The van der Waals surface area contributed by atoms with Crippen molar-refractivity contribution < 1.29 is 28.7 Å². The molecule has 8 nitrogen and oxygen atoms in total. The van der Waals surface area contributed by atoms with Crippen LogP contribution in [0.2, 0.25) is 0 Å². The Labute approximate surface area is 208 Å². The van der Waals surface area contributed by atoms with Gasteiger partial charge in [0.25, 0.3) is 18.2 Å². The first-order valence-electron chi connectivity index (χ1n) is 11.5. The van der Waals surface area contributed by atoms with Gasteiger partial charge >= 0.3 is 0 Å². The van der Waals surface area contributed by atoms with E-state index in [0.717, 1.165) is 38.3 Å². The predicted molar refractivity (Wildman–Crippen MR) is 129 cm³/mol. The zero-order chi connectivity index (χ0) is 26.3. The number of nitrogens with one attached hydrogen (secondary N) is 2. The van der Waals surface area contributed by atoms with Gasteiger partial charge in [0.1, 0.15) is 6.04 Å². The van der Waals surface area contributed by atoms with Crippen molar-refractivity contribution >= 4 is 11.8 Å². The van der Waals surface area contributed by atoms with Gasteiger partial charge in [-0.05, 0) is 55.9 Å². The Hall–Kier alpha value is -3.36. The summed E-state index contributed by atoms with van der Waals surface area (Å²) >= 11 is 0. The topological polar surface area (TPSA) is 105 Å². The van der Waals surface area contributed by atoms with Crippen LogP contribution in [0.25, 0.3) is 0 Å². The average Bonchev–Trinajstić information content (AvgIpc) is 2.87. The molecular weight excluding hydrogens is 470 g/mol. The molecule has 2 unspecified atom stereocenters. The molecule has 1 heterocycles. The second-order valence-corrected chi connectivity index (χ2v) is 9.01. The van der Waals surface area contributed by atoms with Crippen LogP contribution in [-0.4, -0.2) is 83.2 Å². The monoisotopic (exact) mass is 500 g/mol. The number of rotatable bonds is 7. The molecule has 1 fully saturated rings. The highest BCUT2D eigenvalue weighted by molar-refractivity contribution is 5.97. The Bertz CT molecular complexity index is 1100. The number of carbonyl (C=O) groups is 2. The van der Waals surface area contributed by atoms with E-state index >= 15 is 0 Å². The summed E-state index contributed by atoms with van der Waals surface area (Å²) in [7, 11) is 2.13. The van der Waals surface area contributed by atoms with Crippen LogP contribution in [0.1, 0.15) is 34.0 Å². The zero-order valence-corrected chi connectivity index (χ0v) is 20.2. The number of amides is 2. The summed E-state index contributed by atoms with van der Waals surface area (Å²) in [5.41, 5.74) is 1.03. The van der Waals surface area contributed by atoms with Crippen LogP contribution in [0.3, 0.4) is 0 Å². The maximum absolute atomic E-state index is 13.1. The molecule has 2 atom stereocenters. The predicted octanol–water partition coefficient (Wildman–Crippen LogP) is 1.45. The third-order valence-electron chi connectivity index (χ3n) is 6.13. The minimum absolute atomic E-state index is 0.0645. The Kier molecular flexibility index (Phi) is 9.12. The number of benzene rings is 2. The normalized spacial score (nSPS) is 17.0. The third kappa shape index (κ3) is 7.08. The number of alkyl halides is 2. The van der Waals surface area contributed by atoms with Gasteiger partial charge in [0, 0.05) is 49.4 Å². The summed E-state index contributed by atoms with van der Waals surface area (Å²) in [6.45, 7) is 5.83. The highest BCUT2D eigenvalue weighted by Crippen LogP contribution is 2.20. The standard InChI is InChI=1S/C26H30F2N4O4/c1-26(35,25(27)28)22(24(34)30-36)29-23(33)21-11-9-19(10-12-21)4-3-18-5-7-20(8-6-18)17-32-15-13-31(2)14-16-32/h5-12,22,25,35-36H,13-17H2,1-2H3,(H,29,33)(H,30,34). The van der Waals surface area contributed by atoms with E-state index in [9.17, 15) is 23.5 Å². The van der Waals surface area contributed by atoms with E-state index in [0.29, 0.717) is 12.5 Å². The van der Waals surface area contributed by atoms with Crippen molar-refractivity contribution in [3.05, 3.63) is 70.8 Å². The van der Waals surface area contributed by atoms with Crippen molar-refractivity contribution in [1.29, 1.82) is 0 Å². The van der Waals surface area contributed by atoms with Crippen molar-refractivity contribution in [3.63, 3.8) is 0 Å². The van der Waals surface area contributed by atoms with E-state index in [1.165, 1.54) is 23.2 Å². The van der Waals surface area contributed by atoms with E-state index in [1.54, 1.807) is 12.1 Å². The van der Waals surface area contributed by atoms with Crippen LogP contribution in [-0.2, 0) is 11.3 Å². The lowest BCUT2D eigenvalue weighted by molar-refractivity contribution is -0.149. The lowest BCUT2D eigenvalue weighted by Gasteiger charge is -2.32. The quantitative estimate of drug-likeness (QED) is 0.261. The van der Waals surface area contributed by atoms with Gasteiger partial charge in [0.15, 0.2) is 5.60 Å². The van der Waals surface area contributed by atoms with Crippen molar-refractivity contribution in [2.24, 2.45) is 0 Å². The fraction of sp³-hybridized carbons (Fsp3) is 0.385. The molecule has 192 valence electrons. The molecule has 0 aliphatic carbocycles. The molecule has 1 aliphatic rings. The molecule has 0 aromatic heterocycles. The van der Waals surface area contributed by atoms with Gasteiger partial charge in [-0.3, -0.25) is 19.7 Å². The van der Waals surface area contributed by atoms with E-state index in [-0.39, 0.29) is 5.56 Å². The van der Waals surface area contributed by atoms with Gasteiger partial charge in [-0.1, -0.05) is 24.0 Å². The average molecular weight is 501 g/mol. The minimum atomic E-state index is -3.35. The molecular formula is C26H30F2N4O4. The summed E-state index contributed by atoms with van der Waals surface area (Å²) in [6, 6.07) is 12.0. The molecule has 0 radical (unpaired) electrons. The number of carbonyl (C=O) groups excluding carboxylic acids is 2. The van der Waals surface area contributed by atoms with Crippen LogP contribution >= 0.6 is 0 Å². The first kappa shape index (κ1) is 27.2. The summed E-state index contributed by atoms with van der Waals surface area (Å²) < 4.78 is 26.3. The molecule has 0 spiro atoms. The molecule has 3 rings (SSSR count). The molecule has 10 heteroatoms. The van der Waals surface area contributed by atoms with E-state index in [1.807, 2.05) is 17.4 Å². The summed E-state index contributed by atoms with van der Waals surface area (Å²) in [4.78, 5) is 28.9. The highest BCUT2D eigenvalue weighted by atomic mass is 19.3. The Morgan fingerprint density at radius 1 is 1.00 bits per heavy atom. The molecule has 2 aromatic rings. The largest absolute Gasteiger partial charge is 0.381 e. The lowest BCUT2D eigenvalue weighted by atomic mass is 9.95. The molecule has 0 saturated carbocycles. The maximum Gasteiger partial charge on any atom is 0.269 e. The van der Waals surface area contributed by atoms with E-state index in [2.05, 4.69) is 40.8 Å². The fourth-order valence-electron chi connectivity index (χ4n) is 3.69. The number of nitrogens with zero attached hydrogens (tertiary/aromatic N) is 2. The van der Waals surface area contributed by atoms with Gasteiger partial charge in [0.2, 0.25) is 0 Å². The fourth-order valence-corrected chi connectivity index (χ4v) is 3.69. The number of aliphatic hydroxyl groups is 1. The number of hydroxylamine groups is 1. The van der Waals surface area contributed by atoms with Gasteiger partial charge in [0.05, 0.1) is 0 Å². The molecule has 2 aromatic carbocycles. The Balaban J connectivity index is 1.61. The van der Waals surface area contributed by atoms with Gasteiger partial charge in [-0.15, -0.1) is 0 Å². The zero-order valence-electron chi connectivity index (χ0n) is 20.2. The maximum atomic E-state index is 13.1. The SMILES string of the molecule is CN1CCN(Cc2ccc(C#Cc3ccc(C(=O)NC(C(=O)NO)C(C)(O)C(F)F)cc3)cc2)CC1. The molecule has 1 saturated heterocycles. The smallest absolute Gasteiger partial charge is 0.269 e. The van der Waals surface area contributed by atoms with Crippen molar-refractivity contribution in [1.82, 2.24) is 20.6 Å². The third-order valence-corrected chi connectivity index (χ3v) is 6.13. The summed E-state index contributed by atoms with van der Waals surface area (Å²) in [6.07, 6.45) is -3.35. The number of hydrogen-bond acceptors (Lipinski definition) is 6. The number of piperazine rings is 1. The molecule has 1 aliphatic heterocycles. The minimum Gasteiger partial charge on any atom is -0.381 e. The Morgan fingerprint density at radius 2 is 1.53 bits per heavy atom. The number of halogens is 2. The molecule has 36 heavy (non-hydrogen) atoms. The summed E-state index contributed by atoms with van der Waals surface area (Å²) in [5, 5.41) is 20.8. The highest BCUT2D eigenvalue weighted by Gasteiger charge is 2.46. The van der Waals surface area contributed by atoms with Crippen LogP contribution in [0.4, 0.5) is 8.78 Å². The number of hydrogen-bond donors (Lipinski definition) is 4. The van der Waals surface area contributed by atoms with Crippen molar-refractivity contribution in [2.45, 2.75) is 31.5 Å². The van der Waals surface area contributed by atoms with Gasteiger partial charge in [-0.2, -0.15) is 0 Å². The van der Waals surface area contributed by atoms with Gasteiger partial charge < -0.3 is 15.3 Å². The van der Waals surface area contributed by atoms with Crippen molar-refractivity contribution in [2.75, 3.05) is 33.2 Å². The Morgan fingerprint density at radius 3 is 2.03 bits per heavy atom. The van der Waals surface area contributed by atoms with E-state index in [4.69, 9.17) is 5.21 Å².